The Morgan fingerprint density at radius 3 is 3.11 bits per heavy atom. The average molecular weight is 276 g/mol. The fraction of sp³-hybridized carbons (Fsp3) is 0.462. The van der Waals surface area contributed by atoms with E-state index in [4.69, 9.17) is 9.72 Å². The maximum Gasteiger partial charge on any atom is 0.216 e. The van der Waals surface area contributed by atoms with Crippen molar-refractivity contribution in [3.63, 3.8) is 0 Å². The minimum absolute atomic E-state index is 0.429. The van der Waals surface area contributed by atoms with Crippen LogP contribution in [-0.4, -0.2) is 29.1 Å². The summed E-state index contributed by atoms with van der Waals surface area (Å²) in [4.78, 5) is 14.4. The van der Waals surface area contributed by atoms with E-state index >= 15 is 0 Å². The Labute approximate surface area is 116 Å². The van der Waals surface area contributed by atoms with Gasteiger partial charge in [0, 0.05) is 17.0 Å². The molecular weight excluding hydrogens is 260 g/mol. The summed E-state index contributed by atoms with van der Waals surface area (Å²) >= 11 is 1.72. The van der Waals surface area contributed by atoms with E-state index in [0.717, 1.165) is 17.1 Å². The number of aromatic nitrogens is 3. The van der Waals surface area contributed by atoms with E-state index in [1.54, 1.807) is 18.4 Å². The summed E-state index contributed by atoms with van der Waals surface area (Å²) in [5, 5.41) is 4.31. The first-order valence-corrected chi connectivity index (χ1v) is 7.16. The number of thiazole rings is 1. The molecule has 19 heavy (non-hydrogen) atoms. The monoisotopic (exact) mass is 276 g/mol. The van der Waals surface area contributed by atoms with Crippen LogP contribution < -0.4 is 10.1 Å². The van der Waals surface area contributed by atoms with Gasteiger partial charge in [0.05, 0.1) is 12.8 Å². The third-order valence-electron chi connectivity index (χ3n) is 3.37. The number of aryl methyl sites for hydroxylation is 1. The highest BCUT2D eigenvalue weighted by atomic mass is 32.1. The van der Waals surface area contributed by atoms with Crippen LogP contribution >= 0.6 is 11.3 Å². The highest BCUT2D eigenvalue weighted by Crippen LogP contribution is 2.37. The first-order chi connectivity index (χ1) is 9.31. The molecule has 3 rings (SSSR count). The van der Waals surface area contributed by atoms with Gasteiger partial charge in [-0.2, -0.15) is 0 Å². The van der Waals surface area contributed by atoms with Crippen LogP contribution in [0.15, 0.2) is 12.4 Å². The first-order valence-electron chi connectivity index (χ1n) is 6.35. The molecule has 2 aromatic heterocycles. The molecule has 0 saturated heterocycles. The average Bonchev–Trinajstić information content (AvgIpc) is 2.91. The Bertz CT molecular complexity index is 584. The van der Waals surface area contributed by atoms with Crippen molar-refractivity contribution in [1.29, 1.82) is 0 Å². The lowest BCUT2D eigenvalue weighted by Crippen LogP contribution is -2.19. The third-order valence-corrected chi connectivity index (χ3v) is 4.60. The van der Waals surface area contributed by atoms with Crippen molar-refractivity contribution in [3.8, 4) is 16.6 Å². The molecule has 0 aromatic carbocycles. The molecule has 0 fully saturated rings. The van der Waals surface area contributed by atoms with E-state index < -0.39 is 0 Å². The number of methoxy groups -OCH3 is 1. The lowest BCUT2D eigenvalue weighted by atomic mass is 9.98. The topological polar surface area (TPSA) is 59.9 Å². The van der Waals surface area contributed by atoms with Gasteiger partial charge in [0.25, 0.3) is 0 Å². The molecule has 0 amide bonds. The number of hydrogen-bond acceptors (Lipinski definition) is 6. The van der Waals surface area contributed by atoms with Gasteiger partial charge in [-0.3, -0.25) is 0 Å². The van der Waals surface area contributed by atoms with Crippen LogP contribution in [0.5, 0.6) is 5.88 Å². The van der Waals surface area contributed by atoms with Crippen LogP contribution in [0.2, 0.25) is 0 Å². The zero-order valence-corrected chi connectivity index (χ0v) is 11.8. The Morgan fingerprint density at radius 1 is 1.42 bits per heavy atom. The predicted molar refractivity (Wildman–Crippen MR) is 74.4 cm³/mol. The van der Waals surface area contributed by atoms with Gasteiger partial charge in [-0.15, -0.1) is 11.3 Å². The number of hydrogen-bond donors (Lipinski definition) is 1. The number of nitrogens with zero attached hydrogens (tertiary/aromatic N) is 3. The summed E-state index contributed by atoms with van der Waals surface area (Å²) in [5.41, 5.74) is 2.05. The van der Waals surface area contributed by atoms with Crippen LogP contribution in [0.4, 0.5) is 0 Å². The summed E-state index contributed by atoms with van der Waals surface area (Å²) < 4.78 is 5.13. The van der Waals surface area contributed by atoms with Crippen LogP contribution in [-0.2, 0) is 6.42 Å². The zero-order valence-electron chi connectivity index (χ0n) is 11.0. The SMILES string of the molecule is CNC1CCCc2nc(-c3cc(OC)ncn3)sc21. The van der Waals surface area contributed by atoms with E-state index in [9.17, 15) is 0 Å². The summed E-state index contributed by atoms with van der Waals surface area (Å²) in [6, 6.07) is 2.26. The van der Waals surface area contributed by atoms with Gasteiger partial charge >= 0.3 is 0 Å². The third kappa shape index (κ3) is 2.33. The summed E-state index contributed by atoms with van der Waals surface area (Å²) in [5.74, 6) is 0.573. The highest BCUT2D eigenvalue weighted by Gasteiger charge is 2.24. The number of rotatable bonds is 3. The van der Waals surface area contributed by atoms with Gasteiger partial charge in [0.1, 0.15) is 17.0 Å². The van der Waals surface area contributed by atoms with Crippen LogP contribution in [0, 0.1) is 0 Å². The largest absolute Gasteiger partial charge is 0.481 e. The fourth-order valence-electron chi connectivity index (χ4n) is 2.37. The van der Waals surface area contributed by atoms with Gasteiger partial charge < -0.3 is 10.1 Å². The van der Waals surface area contributed by atoms with E-state index in [1.807, 2.05) is 13.1 Å². The summed E-state index contributed by atoms with van der Waals surface area (Å²) in [6.07, 6.45) is 4.95. The van der Waals surface area contributed by atoms with Crippen molar-refractivity contribution in [2.24, 2.45) is 0 Å². The molecule has 100 valence electrons. The number of nitrogens with one attached hydrogen (secondary N) is 1. The molecule has 1 atom stereocenters. The molecule has 0 saturated carbocycles. The normalized spacial score (nSPS) is 18.1. The second-order valence-electron chi connectivity index (χ2n) is 4.51. The van der Waals surface area contributed by atoms with Gasteiger partial charge in [0.15, 0.2) is 0 Å². The lowest BCUT2D eigenvalue weighted by molar-refractivity contribution is 0.397. The van der Waals surface area contributed by atoms with Gasteiger partial charge in [-0.05, 0) is 26.3 Å². The van der Waals surface area contributed by atoms with Crippen molar-refractivity contribution in [3.05, 3.63) is 23.0 Å². The molecular formula is C13H16N4OS. The van der Waals surface area contributed by atoms with Crippen molar-refractivity contribution in [2.75, 3.05) is 14.2 Å². The predicted octanol–water partition coefficient (Wildman–Crippen LogP) is 2.21. The quantitative estimate of drug-likeness (QED) is 0.931. The number of ether oxygens (including phenoxy) is 1. The minimum atomic E-state index is 0.429. The van der Waals surface area contributed by atoms with Crippen molar-refractivity contribution in [2.45, 2.75) is 25.3 Å². The van der Waals surface area contributed by atoms with Crippen molar-refractivity contribution in [1.82, 2.24) is 20.3 Å². The van der Waals surface area contributed by atoms with E-state index in [0.29, 0.717) is 11.9 Å². The lowest BCUT2D eigenvalue weighted by Gasteiger charge is -2.19. The second kappa shape index (κ2) is 5.22. The molecule has 0 bridgehead atoms. The minimum Gasteiger partial charge on any atom is -0.481 e. The maximum absolute atomic E-state index is 5.13. The molecule has 2 heterocycles. The molecule has 2 aromatic rings. The molecule has 1 N–H and O–H groups in total. The molecule has 1 aliphatic carbocycles. The van der Waals surface area contributed by atoms with Crippen molar-refractivity contribution < 1.29 is 4.74 Å². The first kappa shape index (κ1) is 12.5. The molecule has 0 aliphatic heterocycles. The molecule has 0 radical (unpaired) electrons. The van der Waals surface area contributed by atoms with E-state index in [1.165, 1.54) is 29.7 Å². The maximum atomic E-state index is 5.13. The standard InChI is InChI=1S/C13H16N4OS/c1-14-8-4-3-5-9-12(8)19-13(17-9)10-6-11(18-2)16-7-15-10/h6-8,14H,3-5H2,1-2H3. The Kier molecular flexibility index (Phi) is 3.44. The Hall–Kier alpha value is -1.53. The van der Waals surface area contributed by atoms with Crippen LogP contribution in [0.1, 0.15) is 29.5 Å². The highest BCUT2D eigenvalue weighted by molar-refractivity contribution is 7.15. The number of fused-ring (bicyclic) bond motifs is 1. The van der Waals surface area contributed by atoms with E-state index in [-0.39, 0.29) is 0 Å². The smallest absolute Gasteiger partial charge is 0.216 e. The van der Waals surface area contributed by atoms with Gasteiger partial charge in [-0.1, -0.05) is 0 Å². The molecule has 1 unspecified atom stereocenters. The summed E-state index contributed by atoms with van der Waals surface area (Å²) in [6.45, 7) is 0. The molecule has 6 heteroatoms. The second-order valence-corrected chi connectivity index (χ2v) is 5.54. The molecule has 1 aliphatic rings. The van der Waals surface area contributed by atoms with Gasteiger partial charge in [0.2, 0.25) is 5.88 Å². The van der Waals surface area contributed by atoms with Crippen LogP contribution in [0.25, 0.3) is 10.7 Å². The van der Waals surface area contributed by atoms with Gasteiger partial charge in [-0.25, -0.2) is 15.0 Å². The van der Waals surface area contributed by atoms with Crippen molar-refractivity contribution >= 4 is 11.3 Å². The Morgan fingerprint density at radius 2 is 2.32 bits per heavy atom. The van der Waals surface area contributed by atoms with E-state index in [2.05, 4.69) is 15.3 Å². The Balaban J connectivity index is 1.99. The zero-order chi connectivity index (χ0) is 13.2. The van der Waals surface area contributed by atoms with Crippen LogP contribution in [0.3, 0.4) is 0 Å². The molecule has 5 nitrogen and oxygen atoms in total. The molecule has 0 spiro atoms. The summed E-state index contributed by atoms with van der Waals surface area (Å²) in [7, 11) is 3.61. The fourth-order valence-corrected chi connectivity index (χ4v) is 3.60.